The Kier molecular flexibility index (Phi) is 7.86. The summed E-state index contributed by atoms with van der Waals surface area (Å²) in [6.07, 6.45) is -3.19. The third-order valence-electron chi connectivity index (χ3n) is 4.79. The van der Waals surface area contributed by atoms with Crippen molar-refractivity contribution >= 4 is 5.91 Å². The lowest BCUT2D eigenvalue weighted by Crippen LogP contribution is -2.27. The number of alkyl halides is 3. The van der Waals surface area contributed by atoms with Crippen molar-refractivity contribution in [2.75, 3.05) is 6.54 Å². The van der Waals surface area contributed by atoms with Crippen molar-refractivity contribution in [3.8, 4) is 0 Å². The SMILES string of the molecule is CC(C)CNC(=O)c1coc(CN(Cc2ccc(F)cc2)Cc2cccc(C(F)(F)F)c2)n1. The van der Waals surface area contributed by atoms with E-state index in [0.29, 0.717) is 18.7 Å². The van der Waals surface area contributed by atoms with E-state index >= 15 is 0 Å². The number of carbonyl (C=O) groups excluding carboxylic acids is 1. The van der Waals surface area contributed by atoms with Crippen LogP contribution in [0.4, 0.5) is 17.6 Å². The van der Waals surface area contributed by atoms with Crippen LogP contribution < -0.4 is 5.32 Å². The number of hydrogen-bond donors (Lipinski definition) is 1. The van der Waals surface area contributed by atoms with Crippen molar-refractivity contribution in [2.24, 2.45) is 5.92 Å². The van der Waals surface area contributed by atoms with Gasteiger partial charge in [0.15, 0.2) is 5.69 Å². The molecule has 0 fully saturated rings. The fraction of sp³-hybridized carbons (Fsp3) is 0.333. The van der Waals surface area contributed by atoms with Gasteiger partial charge in [0.2, 0.25) is 5.89 Å². The summed E-state index contributed by atoms with van der Waals surface area (Å²) in [5, 5.41) is 2.75. The Morgan fingerprint density at radius 2 is 1.76 bits per heavy atom. The first-order chi connectivity index (χ1) is 15.6. The molecular weight excluding hydrogens is 438 g/mol. The third-order valence-corrected chi connectivity index (χ3v) is 4.79. The van der Waals surface area contributed by atoms with Gasteiger partial charge >= 0.3 is 6.18 Å². The number of oxazole rings is 1. The molecule has 0 bridgehead atoms. The first kappa shape index (κ1) is 24.4. The largest absolute Gasteiger partial charge is 0.447 e. The molecular formula is C24H25F4N3O2. The first-order valence-corrected chi connectivity index (χ1v) is 10.5. The Morgan fingerprint density at radius 1 is 1.06 bits per heavy atom. The monoisotopic (exact) mass is 463 g/mol. The van der Waals surface area contributed by atoms with Crippen LogP contribution >= 0.6 is 0 Å². The highest BCUT2D eigenvalue weighted by Gasteiger charge is 2.30. The van der Waals surface area contributed by atoms with Crippen LogP contribution in [0.5, 0.6) is 0 Å². The van der Waals surface area contributed by atoms with E-state index in [1.807, 2.05) is 18.7 Å². The molecule has 1 heterocycles. The molecule has 0 saturated heterocycles. The van der Waals surface area contributed by atoms with E-state index in [-0.39, 0.29) is 42.3 Å². The predicted molar refractivity (Wildman–Crippen MR) is 114 cm³/mol. The van der Waals surface area contributed by atoms with Gasteiger partial charge in [0.05, 0.1) is 12.1 Å². The summed E-state index contributed by atoms with van der Waals surface area (Å²) >= 11 is 0. The number of rotatable bonds is 9. The maximum Gasteiger partial charge on any atom is 0.416 e. The molecule has 3 aromatic rings. The number of nitrogens with zero attached hydrogens (tertiary/aromatic N) is 2. The van der Waals surface area contributed by atoms with Crippen molar-refractivity contribution in [3.63, 3.8) is 0 Å². The molecule has 1 N–H and O–H groups in total. The van der Waals surface area contributed by atoms with Gasteiger partial charge in [0.25, 0.3) is 5.91 Å². The zero-order chi connectivity index (χ0) is 24.0. The van der Waals surface area contributed by atoms with Gasteiger partial charge in [-0.05, 0) is 35.2 Å². The van der Waals surface area contributed by atoms with E-state index < -0.39 is 11.7 Å². The van der Waals surface area contributed by atoms with Crippen LogP contribution in [0.15, 0.2) is 59.2 Å². The highest BCUT2D eigenvalue weighted by molar-refractivity contribution is 5.91. The summed E-state index contributed by atoms with van der Waals surface area (Å²) in [7, 11) is 0. The van der Waals surface area contributed by atoms with Crippen molar-refractivity contribution in [1.29, 1.82) is 0 Å². The van der Waals surface area contributed by atoms with Crippen LogP contribution in [0.3, 0.4) is 0 Å². The van der Waals surface area contributed by atoms with E-state index in [1.165, 1.54) is 24.5 Å². The van der Waals surface area contributed by atoms with E-state index in [2.05, 4.69) is 10.3 Å². The standard InChI is InChI=1S/C24H25F4N3O2/c1-16(2)11-29-23(32)21-15-33-22(30-21)14-31(12-17-6-8-20(25)9-7-17)13-18-4-3-5-19(10-18)24(26,27)28/h3-10,15-16H,11-14H2,1-2H3,(H,29,32). The minimum atomic E-state index is -4.45. The van der Waals surface area contributed by atoms with E-state index in [4.69, 9.17) is 4.42 Å². The number of benzene rings is 2. The van der Waals surface area contributed by atoms with Crippen LogP contribution in [0.1, 0.15) is 46.9 Å². The van der Waals surface area contributed by atoms with Gasteiger partial charge in [0, 0.05) is 19.6 Å². The van der Waals surface area contributed by atoms with Crippen molar-refractivity contribution in [2.45, 2.75) is 39.7 Å². The van der Waals surface area contributed by atoms with Gasteiger partial charge in [-0.1, -0.05) is 44.2 Å². The van der Waals surface area contributed by atoms with Gasteiger partial charge in [-0.25, -0.2) is 9.37 Å². The zero-order valence-corrected chi connectivity index (χ0v) is 18.3. The minimum absolute atomic E-state index is 0.131. The Morgan fingerprint density at radius 3 is 2.42 bits per heavy atom. The average molecular weight is 463 g/mol. The second kappa shape index (κ2) is 10.6. The molecule has 9 heteroatoms. The van der Waals surface area contributed by atoms with Gasteiger partial charge in [-0.15, -0.1) is 0 Å². The lowest BCUT2D eigenvalue weighted by molar-refractivity contribution is -0.137. The molecule has 176 valence electrons. The van der Waals surface area contributed by atoms with Crippen LogP contribution in [-0.4, -0.2) is 22.3 Å². The Hall–Kier alpha value is -3.20. The smallest absolute Gasteiger partial charge is 0.416 e. The molecule has 0 aliphatic heterocycles. The van der Waals surface area contributed by atoms with E-state index in [1.54, 1.807) is 18.2 Å². The second-order valence-electron chi connectivity index (χ2n) is 8.20. The first-order valence-electron chi connectivity index (χ1n) is 10.5. The summed E-state index contributed by atoms with van der Waals surface area (Å²) in [4.78, 5) is 18.2. The summed E-state index contributed by atoms with van der Waals surface area (Å²) in [5.41, 5.74) is 0.617. The molecule has 2 aromatic carbocycles. The molecule has 0 aliphatic rings. The van der Waals surface area contributed by atoms with Crippen molar-refractivity contribution in [1.82, 2.24) is 15.2 Å². The number of nitrogens with one attached hydrogen (secondary N) is 1. The highest BCUT2D eigenvalue weighted by atomic mass is 19.4. The number of amides is 1. The Balaban J connectivity index is 1.78. The molecule has 0 unspecified atom stereocenters. The normalized spacial score (nSPS) is 11.9. The molecule has 33 heavy (non-hydrogen) atoms. The van der Waals surface area contributed by atoms with Crippen LogP contribution in [-0.2, 0) is 25.8 Å². The van der Waals surface area contributed by atoms with Gasteiger partial charge in [0.1, 0.15) is 12.1 Å². The molecule has 0 saturated carbocycles. The summed E-state index contributed by atoms with van der Waals surface area (Å²) < 4.78 is 58.1. The average Bonchev–Trinajstić information content (AvgIpc) is 3.22. The maximum atomic E-state index is 13.3. The van der Waals surface area contributed by atoms with Crippen LogP contribution in [0.25, 0.3) is 0 Å². The molecule has 0 spiro atoms. The fourth-order valence-electron chi connectivity index (χ4n) is 3.19. The molecule has 1 aromatic heterocycles. The molecule has 0 atom stereocenters. The van der Waals surface area contributed by atoms with E-state index in [0.717, 1.165) is 17.7 Å². The Bertz CT molecular complexity index is 1060. The Labute approximate surface area is 189 Å². The third kappa shape index (κ3) is 7.42. The van der Waals surface area contributed by atoms with Gasteiger partial charge < -0.3 is 9.73 Å². The quantitative estimate of drug-likeness (QED) is 0.431. The zero-order valence-electron chi connectivity index (χ0n) is 18.3. The van der Waals surface area contributed by atoms with Crippen molar-refractivity contribution < 1.29 is 26.8 Å². The fourth-order valence-corrected chi connectivity index (χ4v) is 3.19. The van der Waals surface area contributed by atoms with Crippen LogP contribution in [0, 0.1) is 11.7 Å². The topological polar surface area (TPSA) is 58.4 Å². The lowest BCUT2D eigenvalue weighted by Gasteiger charge is -2.21. The number of halogens is 4. The molecule has 0 radical (unpaired) electrons. The summed E-state index contributed by atoms with van der Waals surface area (Å²) in [5.74, 6) is -0.215. The molecule has 0 aliphatic carbocycles. The highest BCUT2D eigenvalue weighted by Crippen LogP contribution is 2.30. The maximum absolute atomic E-state index is 13.3. The van der Waals surface area contributed by atoms with Gasteiger partial charge in [-0.2, -0.15) is 13.2 Å². The summed E-state index contributed by atoms with van der Waals surface area (Å²) in [6, 6.07) is 10.9. The lowest BCUT2D eigenvalue weighted by atomic mass is 10.1. The summed E-state index contributed by atoms with van der Waals surface area (Å²) in [6.45, 7) is 5.05. The number of carbonyl (C=O) groups is 1. The number of aromatic nitrogens is 1. The van der Waals surface area contributed by atoms with Crippen molar-refractivity contribution in [3.05, 3.63) is 88.9 Å². The van der Waals surface area contributed by atoms with Crippen LogP contribution in [0.2, 0.25) is 0 Å². The molecule has 3 rings (SSSR count). The molecule has 5 nitrogen and oxygen atoms in total. The van der Waals surface area contributed by atoms with Gasteiger partial charge in [-0.3, -0.25) is 9.69 Å². The second-order valence-corrected chi connectivity index (χ2v) is 8.20. The molecule has 1 amide bonds. The predicted octanol–water partition coefficient (Wildman–Crippen LogP) is 5.42. The number of hydrogen-bond acceptors (Lipinski definition) is 4. The minimum Gasteiger partial charge on any atom is -0.447 e. The van der Waals surface area contributed by atoms with E-state index in [9.17, 15) is 22.4 Å².